The molecule has 88 valence electrons. The maximum absolute atomic E-state index is 5.85. The van der Waals surface area contributed by atoms with Crippen LogP contribution in [0.15, 0.2) is 35.1 Å². The maximum atomic E-state index is 5.85. The van der Waals surface area contributed by atoms with Crippen LogP contribution in [0.3, 0.4) is 0 Å². The van der Waals surface area contributed by atoms with Crippen molar-refractivity contribution in [3.05, 3.63) is 35.1 Å². The Labute approximate surface area is 107 Å². The van der Waals surface area contributed by atoms with Crippen LogP contribution in [0.1, 0.15) is 0 Å². The van der Waals surface area contributed by atoms with Crippen molar-refractivity contribution >= 4 is 38.9 Å². The number of hydrogen-bond acceptors (Lipinski definition) is 6. The first kappa shape index (κ1) is 11.6. The maximum Gasteiger partial charge on any atom is 0.168 e. The quantitative estimate of drug-likeness (QED) is 0.509. The molecule has 0 aliphatic carbocycles. The zero-order valence-electron chi connectivity index (χ0n) is 8.81. The van der Waals surface area contributed by atoms with E-state index in [9.17, 15) is 0 Å². The van der Waals surface area contributed by atoms with E-state index >= 15 is 0 Å². The third-order valence-electron chi connectivity index (χ3n) is 2.15. The van der Waals surface area contributed by atoms with Crippen LogP contribution in [0.2, 0.25) is 0 Å². The molecule has 0 saturated carbocycles. The lowest BCUT2D eigenvalue weighted by molar-refractivity contribution is 1.14. The van der Waals surface area contributed by atoms with Gasteiger partial charge in [-0.3, -0.25) is 0 Å². The van der Waals surface area contributed by atoms with Gasteiger partial charge in [-0.1, -0.05) is 12.1 Å². The summed E-state index contributed by atoms with van der Waals surface area (Å²) in [5.41, 5.74) is 9.48. The van der Waals surface area contributed by atoms with Gasteiger partial charge in [0.1, 0.15) is 12.0 Å². The zero-order chi connectivity index (χ0) is 12.3. The van der Waals surface area contributed by atoms with E-state index in [0.29, 0.717) is 17.3 Å². The fourth-order valence-electron chi connectivity index (χ4n) is 1.30. The highest BCUT2D eigenvalue weighted by Gasteiger charge is 2.08. The molecule has 0 amide bonds. The van der Waals surface area contributed by atoms with Crippen molar-refractivity contribution in [2.24, 2.45) is 5.84 Å². The van der Waals surface area contributed by atoms with E-state index < -0.39 is 0 Å². The Morgan fingerprint density at radius 3 is 2.53 bits per heavy atom. The number of rotatable bonds is 3. The number of aromatic nitrogens is 2. The van der Waals surface area contributed by atoms with Gasteiger partial charge >= 0.3 is 0 Å². The van der Waals surface area contributed by atoms with Crippen LogP contribution in [0.4, 0.5) is 23.0 Å². The van der Waals surface area contributed by atoms with Crippen molar-refractivity contribution < 1.29 is 0 Å². The Balaban J connectivity index is 2.34. The van der Waals surface area contributed by atoms with E-state index in [4.69, 9.17) is 11.6 Å². The minimum absolute atomic E-state index is 0.366. The predicted octanol–water partition coefficient (Wildman–Crippen LogP) is 1.85. The molecule has 0 unspecified atom stereocenters. The molecule has 0 saturated heterocycles. The second-order valence-electron chi connectivity index (χ2n) is 3.23. The molecular formula is C10H11BrN6. The first-order valence-corrected chi connectivity index (χ1v) is 5.60. The van der Waals surface area contributed by atoms with Crippen LogP contribution >= 0.6 is 15.9 Å². The molecule has 0 aliphatic rings. The summed E-state index contributed by atoms with van der Waals surface area (Å²) in [4.78, 5) is 7.96. The van der Waals surface area contributed by atoms with Crippen LogP contribution in [0, 0.1) is 0 Å². The smallest absolute Gasteiger partial charge is 0.168 e. The highest BCUT2D eigenvalue weighted by Crippen LogP contribution is 2.28. The van der Waals surface area contributed by atoms with Crippen molar-refractivity contribution in [1.82, 2.24) is 9.97 Å². The molecule has 0 aliphatic heterocycles. The van der Waals surface area contributed by atoms with Gasteiger partial charge in [-0.15, -0.1) is 0 Å². The molecule has 6 nitrogen and oxygen atoms in total. The number of nitrogens with one attached hydrogen (secondary N) is 2. The molecule has 0 spiro atoms. The number of benzene rings is 1. The SMILES string of the molecule is NNc1ncnc(Nc2ccccc2Br)c1N. The predicted molar refractivity (Wildman–Crippen MR) is 71.7 cm³/mol. The topological polar surface area (TPSA) is 102 Å². The average Bonchev–Trinajstić information content (AvgIpc) is 2.34. The molecule has 2 rings (SSSR count). The van der Waals surface area contributed by atoms with Gasteiger partial charge in [0.15, 0.2) is 11.6 Å². The largest absolute Gasteiger partial charge is 0.393 e. The molecule has 6 N–H and O–H groups in total. The van der Waals surface area contributed by atoms with E-state index in [2.05, 4.69) is 36.6 Å². The first-order valence-electron chi connectivity index (χ1n) is 4.81. The van der Waals surface area contributed by atoms with Crippen LogP contribution < -0.4 is 22.3 Å². The standard InChI is InChI=1S/C10H11BrN6/c11-6-3-1-2-4-7(6)16-9-8(12)10(17-13)15-5-14-9/h1-5H,12-13H2,(H2,14,15,16,17). The Morgan fingerprint density at radius 2 is 1.82 bits per heavy atom. The number of halogens is 1. The summed E-state index contributed by atoms with van der Waals surface area (Å²) in [5.74, 6) is 6.17. The van der Waals surface area contributed by atoms with Gasteiger partial charge in [-0.25, -0.2) is 15.8 Å². The van der Waals surface area contributed by atoms with Crippen molar-refractivity contribution in [2.45, 2.75) is 0 Å². The summed E-state index contributed by atoms with van der Waals surface area (Å²) in [6.07, 6.45) is 1.38. The molecule has 0 bridgehead atoms. The Kier molecular flexibility index (Phi) is 3.40. The Morgan fingerprint density at radius 1 is 1.12 bits per heavy atom. The summed E-state index contributed by atoms with van der Waals surface area (Å²) in [5, 5.41) is 3.10. The van der Waals surface area contributed by atoms with Crippen molar-refractivity contribution in [3.8, 4) is 0 Å². The normalized spacial score (nSPS) is 10.0. The number of nitrogen functional groups attached to an aromatic ring is 2. The summed E-state index contributed by atoms with van der Waals surface area (Å²) >= 11 is 3.43. The van der Waals surface area contributed by atoms with E-state index in [1.807, 2.05) is 24.3 Å². The molecule has 1 aromatic heterocycles. The lowest BCUT2D eigenvalue weighted by atomic mass is 10.3. The van der Waals surface area contributed by atoms with Crippen molar-refractivity contribution in [3.63, 3.8) is 0 Å². The van der Waals surface area contributed by atoms with Crippen LogP contribution in [0.25, 0.3) is 0 Å². The number of nitrogens with two attached hydrogens (primary N) is 2. The number of hydrogen-bond donors (Lipinski definition) is 4. The number of nitrogens with zero attached hydrogens (tertiary/aromatic N) is 2. The van der Waals surface area contributed by atoms with Crippen LogP contribution in [0.5, 0.6) is 0 Å². The van der Waals surface area contributed by atoms with E-state index in [1.165, 1.54) is 6.33 Å². The van der Waals surface area contributed by atoms with E-state index in [0.717, 1.165) is 10.2 Å². The van der Waals surface area contributed by atoms with E-state index in [1.54, 1.807) is 0 Å². The first-order chi connectivity index (χ1) is 8.22. The molecule has 7 heteroatoms. The molecule has 2 aromatic rings. The van der Waals surface area contributed by atoms with Crippen LogP contribution in [-0.2, 0) is 0 Å². The minimum Gasteiger partial charge on any atom is -0.393 e. The van der Waals surface area contributed by atoms with Gasteiger partial charge in [0.05, 0.1) is 5.69 Å². The highest BCUT2D eigenvalue weighted by atomic mass is 79.9. The molecule has 0 fully saturated rings. The summed E-state index contributed by atoms with van der Waals surface area (Å²) < 4.78 is 0.917. The van der Waals surface area contributed by atoms with Gasteiger partial charge in [-0.05, 0) is 28.1 Å². The lowest BCUT2D eigenvalue weighted by Crippen LogP contribution is -2.12. The fraction of sp³-hybridized carbons (Fsp3) is 0. The molecular weight excluding hydrogens is 284 g/mol. The third-order valence-corrected chi connectivity index (χ3v) is 2.84. The van der Waals surface area contributed by atoms with E-state index in [-0.39, 0.29) is 0 Å². The average molecular weight is 295 g/mol. The van der Waals surface area contributed by atoms with Gasteiger partial charge < -0.3 is 16.5 Å². The molecule has 0 radical (unpaired) electrons. The summed E-state index contributed by atoms with van der Waals surface area (Å²) in [7, 11) is 0. The minimum atomic E-state index is 0.366. The lowest BCUT2D eigenvalue weighted by Gasteiger charge is -2.11. The molecule has 1 heterocycles. The van der Waals surface area contributed by atoms with Gasteiger partial charge in [0.2, 0.25) is 0 Å². The number of hydrazine groups is 1. The second kappa shape index (κ2) is 4.98. The van der Waals surface area contributed by atoms with Crippen LogP contribution in [-0.4, -0.2) is 9.97 Å². The van der Waals surface area contributed by atoms with Crippen molar-refractivity contribution in [1.29, 1.82) is 0 Å². The number of para-hydroxylation sites is 1. The monoisotopic (exact) mass is 294 g/mol. The van der Waals surface area contributed by atoms with Gasteiger partial charge in [0.25, 0.3) is 0 Å². The van der Waals surface area contributed by atoms with Crippen molar-refractivity contribution in [2.75, 3.05) is 16.5 Å². The summed E-state index contributed by atoms with van der Waals surface area (Å²) in [6.45, 7) is 0. The second-order valence-corrected chi connectivity index (χ2v) is 4.09. The highest BCUT2D eigenvalue weighted by molar-refractivity contribution is 9.10. The molecule has 17 heavy (non-hydrogen) atoms. The fourth-order valence-corrected chi connectivity index (χ4v) is 1.68. The van der Waals surface area contributed by atoms with Gasteiger partial charge in [0, 0.05) is 4.47 Å². The summed E-state index contributed by atoms with van der Waals surface area (Å²) in [6, 6.07) is 7.65. The zero-order valence-corrected chi connectivity index (χ0v) is 10.4. The third kappa shape index (κ3) is 2.45. The molecule has 1 aromatic carbocycles. The van der Waals surface area contributed by atoms with Gasteiger partial charge in [-0.2, -0.15) is 0 Å². The molecule has 0 atom stereocenters. The Bertz CT molecular complexity index is 530. The number of anilines is 4. The Hall–Kier alpha value is -1.86.